The van der Waals surface area contributed by atoms with E-state index in [4.69, 9.17) is 18.9 Å². The first-order chi connectivity index (χ1) is 10.7. The van der Waals surface area contributed by atoms with E-state index in [1.807, 2.05) is 37.3 Å². The number of hydrogen-bond acceptors (Lipinski definition) is 6. The van der Waals surface area contributed by atoms with Gasteiger partial charge in [-0.1, -0.05) is 37.3 Å². The zero-order valence-electron chi connectivity index (χ0n) is 12.7. The molecule has 7 atom stereocenters. The van der Waals surface area contributed by atoms with Crippen molar-refractivity contribution in [1.82, 2.24) is 0 Å². The SMILES string of the molecule is CCC1OC(c2ccccc2)O[C@H]2[C@H](O)[C@@H](O)[C@@H](OC)O[C@H]12. The largest absolute Gasteiger partial charge is 0.387 e. The second kappa shape index (κ2) is 6.62. The van der Waals surface area contributed by atoms with Gasteiger partial charge in [0.25, 0.3) is 0 Å². The van der Waals surface area contributed by atoms with Crippen molar-refractivity contribution >= 4 is 0 Å². The summed E-state index contributed by atoms with van der Waals surface area (Å²) in [7, 11) is 1.43. The van der Waals surface area contributed by atoms with Crippen LogP contribution < -0.4 is 0 Å². The molecule has 6 nitrogen and oxygen atoms in total. The van der Waals surface area contributed by atoms with Crippen LogP contribution in [0.3, 0.4) is 0 Å². The second-order valence-corrected chi connectivity index (χ2v) is 5.61. The summed E-state index contributed by atoms with van der Waals surface area (Å²) < 4.78 is 22.7. The lowest BCUT2D eigenvalue weighted by atomic mass is 9.92. The zero-order chi connectivity index (χ0) is 15.7. The highest BCUT2D eigenvalue weighted by Crippen LogP contribution is 2.38. The molecular formula is C16H22O6. The molecule has 2 fully saturated rings. The molecule has 6 heteroatoms. The van der Waals surface area contributed by atoms with E-state index in [0.29, 0.717) is 6.42 Å². The number of ether oxygens (including phenoxy) is 4. The number of aliphatic hydroxyl groups is 2. The molecule has 2 unspecified atom stereocenters. The van der Waals surface area contributed by atoms with Crippen LogP contribution in [-0.4, -0.2) is 54.1 Å². The van der Waals surface area contributed by atoms with Crippen LogP contribution in [-0.2, 0) is 18.9 Å². The Kier molecular flexibility index (Phi) is 4.77. The maximum Gasteiger partial charge on any atom is 0.186 e. The molecule has 0 aromatic heterocycles. The van der Waals surface area contributed by atoms with Crippen LogP contribution in [0.2, 0.25) is 0 Å². The number of methoxy groups -OCH3 is 1. The predicted molar refractivity (Wildman–Crippen MR) is 76.9 cm³/mol. The van der Waals surface area contributed by atoms with Crippen molar-refractivity contribution in [2.45, 2.75) is 56.4 Å². The van der Waals surface area contributed by atoms with Crippen molar-refractivity contribution in [3.05, 3.63) is 35.9 Å². The molecule has 0 saturated carbocycles. The third-order valence-electron chi connectivity index (χ3n) is 4.23. The maximum atomic E-state index is 10.4. The molecule has 1 aromatic carbocycles. The van der Waals surface area contributed by atoms with Gasteiger partial charge in [0.1, 0.15) is 24.4 Å². The highest BCUT2D eigenvalue weighted by Gasteiger charge is 2.52. The summed E-state index contributed by atoms with van der Waals surface area (Å²) in [6, 6.07) is 9.53. The third kappa shape index (κ3) is 2.78. The van der Waals surface area contributed by atoms with Crippen molar-refractivity contribution < 1.29 is 29.2 Å². The molecule has 2 aliphatic rings. The standard InChI is InChI=1S/C16H22O6/c1-3-10-13-14(11(17)12(18)16(19-2)21-13)22-15(20-10)9-7-5-4-6-8-9/h4-8,10-18H,3H2,1-2H3/t10?,11-,12-,13-,14+,15?,16+/m1/s1. The number of rotatable bonds is 3. The van der Waals surface area contributed by atoms with Gasteiger partial charge in [-0.05, 0) is 6.42 Å². The van der Waals surface area contributed by atoms with Crippen molar-refractivity contribution in [2.24, 2.45) is 0 Å². The monoisotopic (exact) mass is 310 g/mol. The van der Waals surface area contributed by atoms with Crippen molar-refractivity contribution in [3.63, 3.8) is 0 Å². The minimum atomic E-state index is -1.15. The number of benzene rings is 1. The van der Waals surface area contributed by atoms with E-state index >= 15 is 0 Å². The van der Waals surface area contributed by atoms with E-state index in [2.05, 4.69) is 0 Å². The summed E-state index contributed by atoms with van der Waals surface area (Å²) >= 11 is 0. The molecule has 0 amide bonds. The molecule has 2 aliphatic heterocycles. The third-order valence-corrected chi connectivity index (χ3v) is 4.23. The molecule has 0 bridgehead atoms. The van der Waals surface area contributed by atoms with Crippen molar-refractivity contribution in [1.29, 1.82) is 0 Å². The van der Waals surface area contributed by atoms with Crippen LogP contribution in [0.25, 0.3) is 0 Å². The Morgan fingerprint density at radius 1 is 1.00 bits per heavy atom. The Hall–Kier alpha value is -1.02. The summed E-state index contributed by atoms with van der Waals surface area (Å²) in [6.07, 6.45) is -4.40. The topological polar surface area (TPSA) is 77.4 Å². The van der Waals surface area contributed by atoms with Gasteiger partial charge >= 0.3 is 0 Å². The molecule has 122 valence electrons. The first kappa shape index (κ1) is 15.9. The lowest BCUT2D eigenvalue weighted by molar-refractivity contribution is -0.376. The molecule has 2 heterocycles. The van der Waals surface area contributed by atoms with Gasteiger partial charge in [0.05, 0.1) is 6.10 Å². The fourth-order valence-electron chi connectivity index (χ4n) is 3.02. The number of aliphatic hydroxyl groups excluding tert-OH is 2. The van der Waals surface area contributed by atoms with Gasteiger partial charge in [0.15, 0.2) is 12.6 Å². The highest BCUT2D eigenvalue weighted by atomic mass is 16.8. The smallest absolute Gasteiger partial charge is 0.186 e. The van der Waals surface area contributed by atoms with Crippen LogP contribution in [0.1, 0.15) is 25.2 Å². The Balaban J connectivity index is 1.84. The maximum absolute atomic E-state index is 10.4. The van der Waals surface area contributed by atoms with Gasteiger partial charge in [-0.25, -0.2) is 0 Å². The fraction of sp³-hybridized carbons (Fsp3) is 0.625. The number of fused-ring (bicyclic) bond motifs is 1. The average Bonchev–Trinajstić information content (AvgIpc) is 2.58. The van der Waals surface area contributed by atoms with E-state index < -0.39 is 37.0 Å². The normalized spacial score (nSPS) is 41.9. The van der Waals surface area contributed by atoms with Crippen LogP contribution in [0.15, 0.2) is 30.3 Å². The molecular weight excluding hydrogens is 288 g/mol. The van der Waals surface area contributed by atoms with Gasteiger partial charge in [-0.3, -0.25) is 0 Å². The molecule has 1 aromatic rings. The molecule has 22 heavy (non-hydrogen) atoms. The van der Waals surface area contributed by atoms with Gasteiger partial charge in [0.2, 0.25) is 0 Å². The van der Waals surface area contributed by atoms with Crippen LogP contribution >= 0.6 is 0 Å². The van der Waals surface area contributed by atoms with Crippen molar-refractivity contribution in [2.75, 3.05) is 7.11 Å². The molecule has 0 aliphatic carbocycles. The van der Waals surface area contributed by atoms with Gasteiger partial charge < -0.3 is 29.2 Å². The van der Waals surface area contributed by atoms with E-state index in [1.54, 1.807) is 0 Å². The first-order valence-corrected chi connectivity index (χ1v) is 7.56. The van der Waals surface area contributed by atoms with Crippen LogP contribution in [0.4, 0.5) is 0 Å². The average molecular weight is 310 g/mol. The molecule has 0 radical (unpaired) electrons. The number of hydrogen-bond donors (Lipinski definition) is 2. The van der Waals surface area contributed by atoms with Crippen molar-refractivity contribution in [3.8, 4) is 0 Å². The molecule has 2 N–H and O–H groups in total. The molecule has 2 saturated heterocycles. The minimum Gasteiger partial charge on any atom is -0.387 e. The summed E-state index contributed by atoms with van der Waals surface area (Å²) in [5.41, 5.74) is 0.870. The van der Waals surface area contributed by atoms with Gasteiger partial charge in [0, 0.05) is 12.7 Å². The zero-order valence-corrected chi connectivity index (χ0v) is 12.7. The lowest BCUT2D eigenvalue weighted by Gasteiger charge is -2.49. The first-order valence-electron chi connectivity index (χ1n) is 7.56. The Morgan fingerprint density at radius 3 is 2.36 bits per heavy atom. The fourth-order valence-corrected chi connectivity index (χ4v) is 3.02. The van der Waals surface area contributed by atoms with Crippen LogP contribution in [0, 0.1) is 0 Å². The van der Waals surface area contributed by atoms with Gasteiger partial charge in [-0.2, -0.15) is 0 Å². The summed E-state index contributed by atoms with van der Waals surface area (Å²) in [4.78, 5) is 0. The Bertz CT molecular complexity index is 481. The quantitative estimate of drug-likeness (QED) is 0.866. The Morgan fingerprint density at radius 2 is 1.73 bits per heavy atom. The summed E-state index contributed by atoms with van der Waals surface area (Å²) in [6.45, 7) is 1.98. The van der Waals surface area contributed by atoms with E-state index in [1.165, 1.54) is 7.11 Å². The summed E-state index contributed by atoms with van der Waals surface area (Å²) in [5.74, 6) is 0. The summed E-state index contributed by atoms with van der Waals surface area (Å²) in [5, 5.41) is 20.4. The molecule has 0 spiro atoms. The van der Waals surface area contributed by atoms with E-state index in [-0.39, 0.29) is 6.10 Å². The molecule has 3 rings (SSSR count). The predicted octanol–water partition coefficient (Wildman–Crippen LogP) is 0.972. The second-order valence-electron chi connectivity index (χ2n) is 5.61. The minimum absolute atomic E-state index is 0.247. The lowest BCUT2D eigenvalue weighted by Crippen LogP contribution is -2.64. The van der Waals surface area contributed by atoms with E-state index in [0.717, 1.165) is 5.56 Å². The highest BCUT2D eigenvalue weighted by molar-refractivity contribution is 5.17. The van der Waals surface area contributed by atoms with Gasteiger partial charge in [-0.15, -0.1) is 0 Å². The van der Waals surface area contributed by atoms with E-state index in [9.17, 15) is 10.2 Å². The Labute approximate surface area is 129 Å². The van der Waals surface area contributed by atoms with Crippen LogP contribution in [0.5, 0.6) is 0 Å².